The van der Waals surface area contributed by atoms with E-state index in [1.54, 1.807) is 6.92 Å². The van der Waals surface area contributed by atoms with E-state index >= 15 is 0 Å². The minimum Gasteiger partial charge on any atom is -0.326 e. The summed E-state index contributed by atoms with van der Waals surface area (Å²) in [6, 6.07) is 4.19. The van der Waals surface area contributed by atoms with Crippen molar-refractivity contribution in [2.75, 3.05) is 10.5 Å². The van der Waals surface area contributed by atoms with Gasteiger partial charge in [0.2, 0.25) is 10.0 Å². The molecule has 0 aliphatic carbocycles. The monoisotopic (exact) mass is 246 g/mol. The predicted molar refractivity (Wildman–Crippen MR) is 62.0 cm³/mol. The number of halogens is 1. The second-order valence-corrected chi connectivity index (χ2v) is 5.23. The highest BCUT2D eigenvalue weighted by atomic mass is 32.2. The molecule has 0 aromatic heterocycles. The molecule has 16 heavy (non-hydrogen) atoms. The van der Waals surface area contributed by atoms with Gasteiger partial charge in [0.05, 0.1) is 11.4 Å². The highest BCUT2D eigenvalue weighted by Crippen LogP contribution is 2.19. The summed E-state index contributed by atoms with van der Waals surface area (Å²) < 4.78 is 38.6. The molecule has 0 heterocycles. The van der Waals surface area contributed by atoms with Crippen LogP contribution < -0.4 is 10.5 Å². The molecule has 1 aromatic rings. The third kappa shape index (κ3) is 3.18. The van der Waals surface area contributed by atoms with Gasteiger partial charge in [-0.2, -0.15) is 0 Å². The number of nitrogens with two attached hydrogens (primary N) is 1. The first-order valence-electron chi connectivity index (χ1n) is 4.98. The predicted octanol–water partition coefficient (Wildman–Crippen LogP) is 1.44. The van der Waals surface area contributed by atoms with E-state index in [1.165, 1.54) is 18.2 Å². The van der Waals surface area contributed by atoms with E-state index < -0.39 is 15.8 Å². The van der Waals surface area contributed by atoms with E-state index in [0.29, 0.717) is 6.42 Å². The van der Waals surface area contributed by atoms with Crippen LogP contribution in [0.2, 0.25) is 0 Å². The van der Waals surface area contributed by atoms with Crippen LogP contribution in [0.15, 0.2) is 18.2 Å². The molecule has 0 amide bonds. The fourth-order valence-electron chi connectivity index (χ4n) is 1.35. The van der Waals surface area contributed by atoms with E-state index in [0.717, 1.165) is 0 Å². The molecule has 6 heteroatoms. The normalized spacial score (nSPS) is 11.4. The highest BCUT2D eigenvalue weighted by Gasteiger charge is 2.13. The van der Waals surface area contributed by atoms with Gasteiger partial charge in [0, 0.05) is 12.1 Å². The van der Waals surface area contributed by atoms with Gasteiger partial charge in [0.15, 0.2) is 0 Å². The molecular weight excluding hydrogens is 231 g/mol. The Balaban J connectivity index is 3.02. The van der Waals surface area contributed by atoms with Crippen LogP contribution in [-0.4, -0.2) is 14.2 Å². The fourth-order valence-corrected chi connectivity index (χ4v) is 2.51. The average Bonchev–Trinajstić information content (AvgIpc) is 2.17. The second kappa shape index (κ2) is 5.27. The Morgan fingerprint density at radius 2 is 2.12 bits per heavy atom. The fraction of sp³-hybridized carbons (Fsp3) is 0.400. The highest BCUT2D eigenvalue weighted by molar-refractivity contribution is 7.92. The first-order valence-corrected chi connectivity index (χ1v) is 6.63. The molecular formula is C10H15FN2O2S. The summed E-state index contributed by atoms with van der Waals surface area (Å²) in [7, 11) is -3.41. The van der Waals surface area contributed by atoms with Gasteiger partial charge in [-0.05, 0) is 18.6 Å². The number of benzene rings is 1. The second-order valence-electron chi connectivity index (χ2n) is 3.39. The summed E-state index contributed by atoms with van der Waals surface area (Å²) in [6.45, 7) is 1.71. The van der Waals surface area contributed by atoms with E-state index in [-0.39, 0.29) is 23.5 Å². The Hall–Kier alpha value is -1.14. The third-order valence-corrected chi connectivity index (χ3v) is 3.54. The van der Waals surface area contributed by atoms with Gasteiger partial charge in [0.25, 0.3) is 0 Å². The number of sulfonamides is 1. The molecule has 0 fully saturated rings. The maximum absolute atomic E-state index is 13.3. The minimum atomic E-state index is -3.41. The molecule has 0 aliphatic heterocycles. The maximum Gasteiger partial charge on any atom is 0.232 e. The van der Waals surface area contributed by atoms with Crippen molar-refractivity contribution in [3.63, 3.8) is 0 Å². The van der Waals surface area contributed by atoms with E-state index in [4.69, 9.17) is 5.73 Å². The van der Waals surface area contributed by atoms with Crippen LogP contribution >= 0.6 is 0 Å². The lowest BCUT2D eigenvalue weighted by molar-refractivity contribution is 0.599. The van der Waals surface area contributed by atoms with Crippen LogP contribution in [0, 0.1) is 5.82 Å². The number of anilines is 1. The molecule has 90 valence electrons. The van der Waals surface area contributed by atoms with Gasteiger partial charge in [-0.1, -0.05) is 13.0 Å². The summed E-state index contributed by atoms with van der Waals surface area (Å²) in [5, 5.41) is 0. The molecule has 4 nitrogen and oxygen atoms in total. The van der Waals surface area contributed by atoms with Crippen molar-refractivity contribution in [2.24, 2.45) is 5.73 Å². The molecule has 0 saturated heterocycles. The lowest BCUT2D eigenvalue weighted by Gasteiger charge is -2.11. The third-order valence-electron chi connectivity index (χ3n) is 2.06. The zero-order valence-electron chi connectivity index (χ0n) is 9.03. The molecule has 3 N–H and O–H groups in total. The molecule has 0 bridgehead atoms. The summed E-state index contributed by atoms with van der Waals surface area (Å²) in [6.07, 6.45) is 0.503. The zero-order valence-corrected chi connectivity index (χ0v) is 9.85. The van der Waals surface area contributed by atoms with Crippen LogP contribution in [0.4, 0.5) is 10.1 Å². The van der Waals surface area contributed by atoms with Crippen LogP contribution in [-0.2, 0) is 16.6 Å². The van der Waals surface area contributed by atoms with Crippen LogP contribution in [0.25, 0.3) is 0 Å². The largest absolute Gasteiger partial charge is 0.326 e. The van der Waals surface area contributed by atoms with Crippen molar-refractivity contribution in [1.82, 2.24) is 0 Å². The van der Waals surface area contributed by atoms with Gasteiger partial charge in [-0.25, -0.2) is 12.8 Å². The number of rotatable bonds is 5. The summed E-state index contributed by atoms with van der Waals surface area (Å²) >= 11 is 0. The van der Waals surface area contributed by atoms with Gasteiger partial charge in [0.1, 0.15) is 5.82 Å². The Bertz CT molecular complexity index is 460. The maximum atomic E-state index is 13.3. The van der Waals surface area contributed by atoms with Crippen molar-refractivity contribution in [3.05, 3.63) is 29.6 Å². The first kappa shape index (κ1) is 12.9. The summed E-state index contributed by atoms with van der Waals surface area (Å²) in [5.74, 6) is -0.493. The van der Waals surface area contributed by atoms with Crippen LogP contribution in [0.5, 0.6) is 0 Å². The van der Waals surface area contributed by atoms with Gasteiger partial charge < -0.3 is 5.73 Å². The average molecular weight is 246 g/mol. The van der Waals surface area contributed by atoms with Crippen molar-refractivity contribution in [2.45, 2.75) is 19.9 Å². The Morgan fingerprint density at radius 3 is 2.69 bits per heavy atom. The Morgan fingerprint density at radius 1 is 1.44 bits per heavy atom. The lowest BCUT2D eigenvalue weighted by Crippen LogP contribution is -2.18. The quantitative estimate of drug-likeness (QED) is 0.825. The molecule has 0 atom stereocenters. The number of nitrogens with one attached hydrogen (secondary N) is 1. The number of hydrogen-bond acceptors (Lipinski definition) is 3. The zero-order chi connectivity index (χ0) is 12.2. The van der Waals surface area contributed by atoms with Crippen LogP contribution in [0.1, 0.15) is 18.9 Å². The first-order chi connectivity index (χ1) is 7.50. The molecule has 0 spiro atoms. The molecule has 0 aliphatic rings. The molecule has 0 unspecified atom stereocenters. The van der Waals surface area contributed by atoms with Crippen molar-refractivity contribution in [1.29, 1.82) is 0 Å². The van der Waals surface area contributed by atoms with Gasteiger partial charge in [-0.15, -0.1) is 0 Å². The summed E-state index contributed by atoms with van der Waals surface area (Å²) in [5.41, 5.74) is 5.77. The van der Waals surface area contributed by atoms with Crippen molar-refractivity contribution >= 4 is 15.7 Å². The van der Waals surface area contributed by atoms with E-state index in [2.05, 4.69) is 4.72 Å². The topological polar surface area (TPSA) is 72.2 Å². The molecule has 1 rings (SSSR count). The van der Waals surface area contributed by atoms with Gasteiger partial charge in [-0.3, -0.25) is 4.72 Å². The summed E-state index contributed by atoms with van der Waals surface area (Å²) in [4.78, 5) is 0. The van der Waals surface area contributed by atoms with Crippen molar-refractivity contribution in [3.8, 4) is 0 Å². The minimum absolute atomic E-state index is 0.00747. The van der Waals surface area contributed by atoms with E-state index in [1.807, 2.05) is 0 Å². The Kier molecular flexibility index (Phi) is 4.26. The Labute approximate surface area is 94.7 Å². The molecule has 0 saturated carbocycles. The molecule has 0 radical (unpaired) electrons. The lowest BCUT2D eigenvalue weighted by atomic mass is 10.2. The van der Waals surface area contributed by atoms with Gasteiger partial charge >= 0.3 is 0 Å². The standard InChI is InChI=1S/C10H15FN2O2S/c1-2-6-16(14,15)13-10-5-3-4-9(11)8(10)7-12/h3-5,13H,2,6-7,12H2,1H3. The SMILES string of the molecule is CCCS(=O)(=O)Nc1cccc(F)c1CN. The van der Waals surface area contributed by atoms with Crippen molar-refractivity contribution < 1.29 is 12.8 Å². The van der Waals surface area contributed by atoms with Crippen LogP contribution in [0.3, 0.4) is 0 Å². The van der Waals surface area contributed by atoms with E-state index in [9.17, 15) is 12.8 Å². The molecule has 1 aromatic carbocycles. The smallest absolute Gasteiger partial charge is 0.232 e. The number of hydrogen-bond donors (Lipinski definition) is 2.